The molecule has 0 aromatic heterocycles. The van der Waals surface area contributed by atoms with E-state index in [9.17, 15) is 0 Å². The fourth-order valence-corrected chi connectivity index (χ4v) is 0.460. The normalized spacial score (nSPS) is 18.0. The molecular formula is C5H14N2O. The van der Waals surface area contributed by atoms with Crippen LogP contribution in [0.5, 0.6) is 0 Å². The van der Waals surface area contributed by atoms with Gasteiger partial charge >= 0.3 is 0 Å². The van der Waals surface area contributed by atoms with E-state index in [-0.39, 0.29) is 6.61 Å². The molecule has 1 atom stereocenters. The van der Waals surface area contributed by atoms with Gasteiger partial charge in [0.25, 0.3) is 0 Å². The number of hydrogen-bond donors (Lipinski definition) is 3. The van der Waals surface area contributed by atoms with Crippen molar-refractivity contribution < 1.29 is 5.11 Å². The van der Waals surface area contributed by atoms with Crippen molar-refractivity contribution in [3.8, 4) is 0 Å². The first kappa shape index (κ1) is 7.88. The second kappa shape index (κ2) is 3.02. The van der Waals surface area contributed by atoms with Gasteiger partial charge in [-0.15, -0.1) is 0 Å². The Morgan fingerprint density at radius 2 is 2.25 bits per heavy atom. The minimum absolute atomic E-state index is 0.0217. The third-order valence-corrected chi connectivity index (χ3v) is 0.942. The maximum Gasteiger partial charge on any atom is 0.0620 e. The van der Waals surface area contributed by atoms with Gasteiger partial charge in [0.15, 0.2) is 0 Å². The van der Waals surface area contributed by atoms with Gasteiger partial charge in [-0.2, -0.15) is 0 Å². The largest absolute Gasteiger partial charge is 0.394 e. The Labute approximate surface area is 49.9 Å². The zero-order valence-corrected chi connectivity index (χ0v) is 5.44. The van der Waals surface area contributed by atoms with E-state index in [1.54, 1.807) is 14.0 Å². The number of likely N-dealkylation sites (N-methyl/N-ethyl adjacent to an activating group) is 1. The lowest BCUT2D eigenvalue weighted by Crippen LogP contribution is -2.48. The summed E-state index contributed by atoms with van der Waals surface area (Å²) in [4.78, 5) is 0. The van der Waals surface area contributed by atoms with E-state index >= 15 is 0 Å². The molecule has 0 aliphatic heterocycles. The summed E-state index contributed by atoms with van der Waals surface area (Å²) in [6, 6.07) is 0. The Balaban J connectivity index is 3.37. The highest BCUT2D eigenvalue weighted by atomic mass is 16.3. The first-order chi connectivity index (χ1) is 3.62. The van der Waals surface area contributed by atoms with Gasteiger partial charge in [0.1, 0.15) is 0 Å². The summed E-state index contributed by atoms with van der Waals surface area (Å²) in [5, 5.41) is 11.4. The molecule has 4 N–H and O–H groups in total. The van der Waals surface area contributed by atoms with Crippen molar-refractivity contribution in [2.45, 2.75) is 12.5 Å². The molecule has 0 heterocycles. The Hall–Kier alpha value is -0.120. The van der Waals surface area contributed by atoms with Crippen molar-refractivity contribution in [2.24, 2.45) is 5.73 Å². The number of aliphatic hydroxyl groups is 1. The van der Waals surface area contributed by atoms with Crippen LogP contribution in [-0.4, -0.2) is 30.8 Å². The van der Waals surface area contributed by atoms with E-state index in [1.165, 1.54) is 0 Å². The molecule has 0 aliphatic rings. The van der Waals surface area contributed by atoms with E-state index in [1.807, 2.05) is 0 Å². The number of nitrogens with two attached hydrogens (primary N) is 1. The van der Waals surface area contributed by atoms with Crippen molar-refractivity contribution in [2.75, 3.05) is 20.2 Å². The monoisotopic (exact) mass is 118 g/mol. The lowest BCUT2D eigenvalue weighted by Gasteiger charge is -2.20. The zero-order valence-electron chi connectivity index (χ0n) is 5.44. The van der Waals surface area contributed by atoms with Crippen LogP contribution in [0, 0.1) is 0 Å². The minimum atomic E-state index is -0.464. The SMILES string of the molecule is CNC[C@](C)(N)CO. The Morgan fingerprint density at radius 1 is 1.75 bits per heavy atom. The van der Waals surface area contributed by atoms with Crippen molar-refractivity contribution in [3.63, 3.8) is 0 Å². The van der Waals surface area contributed by atoms with Crippen LogP contribution < -0.4 is 11.1 Å². The lowest BCUT2D eigenvalue weighted by molar-refractivity contribution is 0.207. The van der Waals surface area contributed by atoms with E-state index in [0.717, 1.165) is 0 Å². The molecule has 8 heavy (non-hydrogen) atoms. The number of hydrogen-bond acceptors (Lipinski definition) is 3. The first-order valence-electron chi connectivity index (χ1n) is 2.67. The van der Waals surface area contributed by atoms with Gasteiger partial charge in [0.05, 0.1) is 6.61 Å². The van der Waals surface area contributed by atoms with Gasteiger partial charge in [0.2, 0.25) is 0 Å². The maximum atomic E-state index is 8.56. The summed E-state index contributed by atoms with van der Waals surface area (Å²) >= 11 is 0. The summed E-state index contributed by atoms with van der Waals surface area (Å²) < 4.78 is 0. The summed E-state index contributed by atoms with van der Waals surface area (Å²) in [5.74, 6) is 0. The predicted molar refractivity (Wildman–Crippen MR) is 33.6 cm³/mol. The number of nitrogens with one attached hydrogen (secondary N) is 1. The van der Waals surface area contributed by atoms with Crippen molar-refractivity contribution in [3.05, 3.63) is 0 Å². The maximum absolute atomic E-state index is 8.56. The second-order valence-electron chi connectivity index (χ2n) is 2.34. The third kappa shape index (κ3) is 2.96. The van der Waals surface area contributed by atoms with Gasteiger partial charge in [-0.1, -0.05) is 0 Å². The summed E-state index contributed by atoms with van der Waals surface area (Å²) in [6.45, 7) is 2.46. The molecule has 0 amide bonds. The zero-order chi connectivity index (χ0) is 6.62. The van der Waals surface area contributed by atoms with E-state index in [0.29, 0.717) is 6.54 Å². The highest BCUT2D eigenvalue weighted by Gasteiger charge is 2.14. The van der Waals surface area contributed by atoms with Gasteiger partial charge in [-0.3, -0.25) is 0 Å². The highest BCUT2D eigenvalue weighted by molar-refractivity contribution is 4.78. The summed E-state index contributed by atoms with van der Waals surface area (Å²) in [6.07, 6.45) is 0. The van der Waals surface area contributed by atoms with Crippen molar-refractivity contribution in [1.29, 1.82) is 0 Å². The summed E-state index contributed by atoms with van der Waals surface area (Å²) in [5.41, 5.74) is 5.05. The minimum Gasteiger partial charge on any atom is -0.394 e. The topological polar surface area (TPSA) is 58.3 Å². The van der Waals surface area contributed by atoms with Crippen LogP contribution in [-0.2, 0) is 0 Å². The Kier molecular flexibility index (Phi) is 2.97. The molecule has 0 bridgehead atoms. The molecule has 0 spiro atoms. The Morgan fingerprint density at radius 3 is 2.38 bits per heavy atom. The molecule has 0 unspecified atom stereocenters. The van der Waals surface area contributed by atoms with Crippen LogP contribution in [0.2, 0.25) is 0 Å². The molecule has 0 rings (SSSR count). The highest BCUT2D eigenvalue weighted by Crippen LogP contribution is 1.91. The Bertz CT molecular complexity index is 63.4. The summed E-state index contributed by atoms with van der Waals surface area (Å²) in [7, 11) is 1.81. The first-order valence-corrected chi connectivity index (χ1v) is 2.67. The quantitative estimate of drug-likeness (QED) is 0.441. The fourth-order valence-electron chi connectivity index (χ4n) is 0.460. The van der Waals surface area contributed by atoms with Crippen LogP contribution in [0.25, 0.3) is 0 Å². The van der Waals surface area contributed by atoms with Gasteiger partial charge in [-0.05, 0) is 14.0 Å². The van der Waals surface area contributed by atoms with Crippen molar-refractivity contribution >= 4 is 0 Å². The van der Waals surface area contributed by atoms with Gasteiger partial charge in [-0.25, -0.2) is 0 Å². The third-order valence-electron chi connectivity index (χ3n) is 0.942. The molecule has 0 radical (unpaired) electrons. The smallest absolute Gasteiger partial charge is 0.0620 e. The molecule has 3 heteroatoms. The molecular weight excluding hydrogens is 104 g/mol. The van der Waals surface area contributed by atoms with E-state index < -0.39 is 5.54 Å². The molecule has 0 aliphatic carbocycles. The molecule has 0 fully saturated rings. The lowest BCUT2D eigenvalue weighted by atomic mass is 10.1. The van der Waals surface area contributed by atoms with Crippen LogP contribution in [0.1, 0.15) is 6.92 Å². The van der Waals surface area contributed by atoms with Gasteiger partial charge in [0, 0.05) is 12.1 Å². The fraction of sp³-hybridized carbons (Fsp3) is 1.00. The average Bonchev–Trinajstić information content (AvgIpc) is 1.67. The average molecular weight is 118 g/mol. The standard InChI is InChI=1S/C5H14N2O/c1-5(6,4-8)3-7-2/h7-8H,3-4,6H2,1-2H3/t5-/m0/s1. The molecule has 0 saturated heterocycles. The molecule has 0 aromatic carbocycles. The van der Waals surface area contributed by atoms with Crippen LogP contribution >= 0.6 is 0 Å². The molecule has 50 valence electrons. The second-order valence-corrected chi connectivity index (χ2v) is 2.34. The van der Waals surface area contributed by atoms with Gasteiger partial charge < -0.3 is 16.2 Å². The van der Waals surface area contributed by atoms with Crippen LogP contribution in [0.15, 0.2) is 0 Å². The van der Waals surface area contributed by atoms with Crippen molar-refractivity contribution in [1.82, 2.24) is 5.32 Å². The number of rotatable bonds is 3. The molecule has 3 nitrogen and oxygen atoms in total. The van der Waals surface area contributed by atoms with Crippen LogP contribution in [0.4, 0.5) is 0 Å². The van der Waals surface area contributed by atoms with E-state index in [2.05, 4.69) is 5.32 Å². The van der Waals surface area contributed by atoms with E-state index in [4.69, 9.17) is 10.8 Å². The molecule has 0 saturated carbocycles. The number of aliphatic hydroxyl groups excluding tert-OH is 1. The predicted octanol–water partition coefficient (Wildman–Crippen LogP) is -1.08. The van der Waals surface area contributed by atoms with Crippen LogP contribution in [0.3, 0.4) is 0 Å². The molecule has 0 aromatic rings.